The van der Waals surface area contributed by atoms with Crippen LogP contribution in [-0.2, 0) is 11.3 Å². The molecule has 0 aliphatic carbocycles. The number of carbonyl (C=O) groups excluding carboxylic acids is 1. The highest BCUT2D eigenvalue weighted by Crippen LogP contribution is 2.24. The second-order valence-corrected chi connectivity index (χ2v) is 4.02. The largest absolute Gasteiger partial charge is 0.302 e. The number of aldehydes is 1. The van der Waals surface area contributed by atoms with Crippen molar-refractivity contribution in [3.63, 3.8) is 0 Å². The van der Waals surface area contributed by atoms with Gasteiger partial charge >= 0.3 is 0 Å². The molecule has 1 aliphatic heterocycles. The maximum Gasteiger partial charge on any atom is 0.137 e. The van der Waals surface area contributed by atoms with E-state index in [-0.39, 0.29) is 6.04 Å². The number of likely N-dealkylation sites (tertiary alicyclic amines) is 1. The number of rotatable bonds is 3. The average Bonchev–Trinajstić information content (AvgIpc) is 2.19. The lowest BCUT2D eigenvalue weighted by Crippen LogP contribution is -2.55. The van der Waals surface area contributed by atoms with Gasteiger partial charge in [-0.2, -0.15) is 0 Å². The highest BCUT2D eigenvalue weighted by molar-refractivity contribution is 5.60. The Labute approximate surface area is 84.5 Å². The molecule has 0 amide bonds. The molecule has 0 bridgehead atoms. The smallest absolute Gasteiger partial charge is 0.137 e. The fourth-order valence-electron chi connectivity index (χ4n) is 2.03. The molecule has 0 N–H and O–H groups in total. The fraction of sp³-hybridized carbons (Fsp3) is 0.417. The standard InChI is InChI=1S/C12H15NO/c1-10-7-13(12(10)9-14)8-11-5-3-2-4-6-11/h2-6,9-10,12H,7-8H2,1H3. The zero-order valence-electron chi connectivity index (χ0n) is 8.39. The van der Waals surface area contributed by atoms with Crippen LogP contribution < -0.4 is 0 Å². The van der Waals surface area contributed by atoms with Crippen LogP contribution >= 0.6 is 0 Å². The molecule has 1 fully saturated rings. The molecular formula is C12H15NO. The molecule has 1 aromatic carbocycles. The number of nitrogens with zero attached hydrogens (tertiary/aromatic N) is 1. The third-order valence-corrected chi connectivity index (χ3v) is 2.90. The van der Waals surface area contributed by atoms with Gasteiger partial charge in [-0.15, -0.1) is 0 Å². The van der Waals surface area contributed by atoms with Crippen LogP contribution in [-0.4, -0.2) is 23.8 Å². The van der Waals surface area contributed by atoms with Gasteiger partial charge in [0.05, 0.1) is 6.04 Å². The van der Waals surface area contributed by atoms with Crippen LogP contribution in [0.25, 0.3) is 0 Å². The van der Waals surface area contributed by atoms with Crippen molar-refractivity contribution in [1.82, 2.24) is 4.90 Å². The Morgan fingerprint density at radius 3 is 2.71 bits per heavy atom. The first-order chi connectivity index (χ1) is 6.81. The van der Waals surface area contributed by atoms with Crippen molar-refractivity contribution < 1.29 is 4.79 Å². The summed E-state index contributed by atoms with van der Waals surface area (Å²) in [6.45, 7) is 4.06. The van der Waals surface area contributed by atoms with Crippen molar-refractivity contribution in [2.45, 2.75) is 19.5 Å². The molecule has 2 heteroatoms. The lowest BCUT2D eigenvalue weighted by atomic mass is 9.91. The Morgan fingerprint density at radius 1 is 1.43 bits per heavy atom. The van der Waals surface area contributed by atoms with Gasteiger partial charge in [-0.25, -0.2) is 0 Å². The van der Waals surface area contributed by atoms with Crippen LogP contribution in [0.5, 0.6) is 0 Å². The number of hydrogen-bond donors (Lipinski definition) is 0. The van der Waals surface area contributed by atoms with Crippen molar-refractivity contribution in [3.05, 3.63) is 35.9 Å². The van der Waals surface area contributed by atoms with E-state index in [1.807, 2.05) is 18.2 Å². The Morgan fingerprint density at radius 2 is 2.14 bits per heavy atom. The molecule has 0 radical (unpaired) electrons. The number of benzene rings is 1. The summed E-state index contributed by atoms with van der Waals surface area (Å²) in [4.78, 5) is 13.0. The first kappa shape index (κ1) is 9.41. The van der Waals surface area contributed by atoms with E-state index in [1.165, 1.54) is 5.56 Å². The Hall–Kier alpha value is -1.15. The highest BCUT2D eigenvalue weighted by Gasteiger charge is 2.34. The number of carbonyl (C=O) groups is 1. The van der Waals surface area contributed by atoms with Crippen molar-refractivity contribution >= 4 is 6.29 Å². The van der Waals surface area contributed by atoms with Gasteiger partial charge in [-0.3, -0.25) is 4.90 Å². The van der Waals surface area contributed by atoms with E-state index in [0.29, 0.717) is 5.92 Å². The zero-order valence-corrected chi connectivity index (χ0v) is 8.39. The molecule has 2 rings (SSSR count). The Bertz CT molecular complexity index is 309. The summed E-state index contributed by atoms with van der Waals surface area (Å²) >= 11 is 0. The highest BCUT2D eigenvalue weighted by atomic mass is 16.1. The third-order valence-electron chi connectivity index (χ3n) is 2.90. The van der Waals surface area contributed by atoms with Crippen LogP contribution in [0.1, 0.15) is 12.5 Å². The third kappa shape index (κ3) is 1.70. The predicted octanol–water partition coefficient (Wildman–Crippen LogP) is 1.71. The predicted molar refractivity (Wildman–Crippen MR) is 55.9 cm³/mol. The molecule has 1 aromatic rings. The number of hydrogen-bond acceptors (Lipinski definition) is 2. The Balaban J connectivity index is 1.97. The van der Waals surface area contributed by atoms with Crippen LogP contribution in [0.2, 0.25) is 0 Å². The maximum absolute atomic E-state index is 10.8. The van der Waals surface area contributed by atoms with Crippen LogP contribution in [0.15, 0.2) is 30.3 Å². The maximum atomic E-state index is 10.8. The second-order valence-electron chi connectivity index (χ2n) is 4.02. The first-order valence-electron chi connectivity index (χ1n) is 5.04. The molecule has 0 saturated carbocycles. The molecule has 74 valence electrons. The minimum absolute atomic E-state index is 0.134. The molecule has 2 unspecified atom stereocenters. The van der Waals surface area contributed by atoms with Gasteiger partial charge in [0.2, 0.25) is 0 Å². The van der Waals surface area contributed by atoms with Crippen molar-refractivity contribution in [2.75, 3.05) is 6.54 Å². The molecule has 1 aliphatic rings. The van der Waals surface area contributed by atoms with Gasteiger partial charge in [0, 0.05) is 13.1 Å². The molecule has 1 heterocycles. The molecule has 2 atom stereocenters. The summed E-state index contributed by atoms with van der Waals surface area (Å²) < 4.78 is 0. The van der Waals surface area contributed by atoms with Crippen LogP contribution in [0, 0.1) is 5.92 Å². The van der Waals surface area contributed by atoms with Crippen LogP contribution in [0.3, 0.4) is 0 Å². The normalized spacial score (nSPS) is 26.9. The molecule has 2 nitrogen and oxygen atoms in total. The van der Waals surface area contributed by atoms with Gasteiger partial charge in [0.1, 0.15) is 6.29 Å². The first-order valence-corrected chi connectivity index (χ1v) is 5.04. The summed E-state index contributed by atoms with van der Waals surface area (Å²) in [5.41, 5.74) is 1.28. The van der Waals surface area contributed by atoms with Crippen molar-refractivity contribution in [2.24, 2.45) is 5.92 Å². The molecular weight excluding hydrogens is 174 g/mol. The topological polar surface area (TPSA) is 20.3 Å². The SMILES string of the molecule is CC1CN(Cc2ccccc2)C1C=O. The zero-order chi connectivity index (χ0) is 9.97. The lowest BCUT2D eigenvalue weighted by Gasteiger charge is -2.43. The van der Waals surface area contributed by atoms with Gasteiger partial charge < -0.3 is 4.79 Å². The van der Waals surface area contributed by atoms with Gasteiger partial charge in [0.15, 0.2) is 0 Å². The minimum Gasteiger partial charge on any atom is -0.302 e. The Kier molecular flexibility index (Phi) is 2.64. The lowest BCUT2D eigenvalue weighted by molar-refractivity contribution is -0.120. The molecule has 0 aromatic heterocycles. The van der Waals surface area contributed by atoms with E-state index in [9.17, 15) is 4.79 Å². The van der Waals surface area contributed by atoms with Gasteiger partial charge in [-0.05, 0) is 11.5 Å². The van der Waals surface area contributed by atoms with E-state index < -0.39 is 0 Å². The van der Waals surface area contributed by atoms with E-state index in [0.717, 1.165) is 19.4 Å². The van der Waals surface area contributed by atoms with Crippen molar-refractivity contribution in [3.8, 4) is 0 Å². The average molecular weight is 189 g/mol. The summed E-state index contributed by atoms with van der Waals surface area (Å²) in [5, 5.41) is 0. The molecule has 14 heavy (non-hydrogen) atoms. The van der Waals surface area contributed by atoms with E-state index in [2.05, 4.69) is 24.0 Å². The van der Waals surface area contributed by atoms with E-state index >= 15 is 0 Å². The monoisotopic (exact) mass is 189 g/mol. The van der Waals surface area contributed by atoms with Crippen molar-refractivity contribution in [1.29, 1.82) is 0 Å². The van der Waals surface area contributed by atoms with Gasteiger partial charge in [0.25, 0.3) is 0 Å². The summed E-state index contributed by atoms with van der Waals surface area (Å²) in [6, 6.07) is 10.4. The van der Waals surface area contributed by atoms with Gasteiger partial charge in [-0.1, -0.05) is 37.3 Å². The van der Waals surface area contributed by atoms with E-state index in [4.69, 9.17) is 0 Å². The van der Waals surface area contributed by atoms with Crippen LogP contribution in [0.4, 0.5) is 0 Å². The summed E-state index contributed by atoms with van der Waals surface area (Å²) in [6.07, 6.45) is 1.07. The summed E-state index contributed by atoms with van der Waals surface area (Å²) in [7, 11) is 0. The molecule has 0 spiro atoms. The van der Waals surface area contributed by atoms with E-state index in [1.54, 1.807) is 0 Å². The second kappa shape index (κ2) is 3.93. The fourth-order valence-corrected chi connectivity index (χ4v) is 2.03. The minimum atomic E-state index is 0.134. The summed E-state index contributed by atoms with van der Waals surface area (Å²) in [5.74, 6) is 0.524. The molecule has 1 saturated heterocycles. The quantitative estimate of drug-likeness (QED) is 0.675.